The van der Waals surface area contributed by atoms with Crippen LogP contribution in [0.2, 0.25) is 0 Å². The second-order valence-electron chi connectivity index (χ2n) is 3.36. The molecule has 0 amide bonds. The van der Waals surface area contributed by atoms with Gasteiger partial charge < -0.3 is 5.32 Å². The Morgan fingerprint density at radius 1 is 1.50 bits per heavy atom. The molecule has 1 N–H and O–H groups in total. The predicted molar refractivity (Wildman–Crippen MR) is 68.3 cm³/mol. The third-order valence-corrected chi connectivity index (χ3v) is 3.77. The van der Waals surface area contributed by atoms with Gasteiger partial charge in [-0.3, -0.25) is 0 Å². The van der Waals surface area contributed by atoms with Gasteiger partial charge in [0.15, 0.2) is 0 Å². The maximum Gasteiger partial charge on any atom is 0.125 e. The lowest BCUT2D eigenvalue weighted by Gasteiger charge is -2.14. The van der Waals surface area contributed by atoms with E-state index < -0.39 is 0 Å². The molecule has 2 rings (SSSR count). The highest BCUT2D eigenvalue weighted by atomic mass is 79.9. The first kappa shape index (κ1) is 11.5. The molecule has 2 nitrogen and oxygen atoms in total. The fraction of sp³-hybridized carbons (Fsp3) is 0.182. The Hall–Kier alpha value is -0.940. The fourth-order valence-electron chi connectivity index (χ4n) is 1.35. The molecular weight excluding hydrogens is 291 g/mol. The van der Waals surface area contributed by atoms with Gasteiger partial charge in [-0.15, -0.1) is 11.3 Å². The van der Waals surface area contributed by atoms with Crippen molar-refractivity contribution in [3.63, 3.8) is 0 Å². The maximum atomic E-state index is 13.1. The molecule has 1 aromatic heterocycles. The number of nitrogens with zero attached hydrogens (tertiary/aromatic N) is 1. The van der Waals surface area contributed by atoms with Gasteiger partial charge in [0.05, 0.1) is 11.7 Å². The van der Waals surface area contributed by atoms with Crippen LogP contribution in [0.3, 0.4) is 0 Å². The number of nitrogens with one attached hydrogen (secondary N) is 1. The summed E-state index contributed by atoms with van der Waals surface area (Å²) in [5, 5.41) is 6.12. The molecule has 0 aliphatic heterocycles. The van der Waals surface area contributed by atoms with E-state index in [0.29, 0.717) is 0 Å². The molecule has 16 heavy (non-hydrogen) atoms. The molecule has 2 aromatic rings. The van der Waals surface area contributed by atoms with E-state index >= 15 is 0 Å². The molecule has 84 valence electrons. The zero-order valence-corrected chi connectivity index (χ0v) is 11.0. The molecule has 0 spiro atoms. The topological polar surface area (TPSA) is 24.9 Å². The van der Waals surface area contributed by atoms with Crippen molar-refractivity contribution in [2.75, 3.05) is 5.32 Å². The number of rotatable bonds is 3. The Morgan fingerprint density at radius 2 is 2.31 bits per heavy atom. The maximum absolute atomic E-state index is 13.1. The minimum absolute atomic E-state index is 0.0677. The summed E-state index contributed by atoms with van der Waals surface area (Å²) in [5.74, 6) is -0.253. The van der Waals surface area contributed by atoms with Gasteiger partial charge in [0.25, 0.3) is 0 Å². The summed E-state index contributed by atoms with van der Waals surface area (Å²) in [5.41, 5.74) is 0.739. The Kier molecular flexibility index (Phi) is 3.56. The molecule has 1 unspecified atom stereocenters. The van der Waals surface area contributed by atoms with Gasteiger partial charge in [-0.05, 0) is 41.1 Å². The Bertz CT molecular complexity index is 473. The molecule has 0 fully saturated rings. The Labute approximate surface area is 106 Å². The number of aromatic nitrogens is 1. The van der Waals surface area contributed by atoms with E-state index in [-0.39, 0.29) is 11.9 Å². The minimum Gasteiger partial charge on any atom is -0.375 e. The van der Waals surface area contributed by atoms with Gasteiger partial charge in [0, 0.05) is 16.0 Å². The highest BCUT2D eigenvalue weighted by Gasteiger charge is 2.10. The van der Waals surface area contributed by atoms with Crippen LogP contribution in [0.15, 0.2) is 34.2 Å². The van der Waals surface area contributed by atoms with Crippen LogP contribution in [0.1, 0.15) is 18.0 Å². The van der Waals surface area contributed by atoms with Crippen molar-refractivity contribution in [2.24, 2.45) is 0 Å². The molecule has 0 aliphatic carbocycles. The van der Waals surface area contributed by atoms with Crippen molar-refractivity contribution in [1.82, 2.24) is 4.98 Å². The van der Waals surface area contributed by atoms with Crippen LogP contribution < -0.4 is 5.32 Å². The van der Waals surface area contributed by atoms with Crippen molar-refractivity contribution >= 4 is 33.0 Å². The molecule has 5 heteroatoms. The lowest BCUT2D eigenvalue weighted by Crippen LogP contribution is -2.06. The summed E-state index contributed by atoms with van der Waals surface area (Å²) in [4.78, 5) is 4.21. The van der Waals surface area contributed by atoms with Gasteiger partial charge in [0.1, 0.15) is 10.8 Å². The second-order valence-corrected chi connectivity index (χ2v) is 5.14. The van der Waals surface area contributed by atoms with Crippen molar-refractivity contribution in [2.45, 2.75) is 13.0 Å². The highest BCUT2D eigenvalue weighted by Crippen LogP contribution is 2.27. The highest BCUT2D eigenvalue weighted by molar-refractivity contribution is 9.10. The monoisotopic (exact) mass is 300 g/mol. The first-order chi connectivity index (χ1) is 7.66. The van der Waals surface area contributed by atoms with Gasteiger partial charge in [-0.1, -0.05) is 0 Å². The summed E-state index contributed by atoms with van der Waals surface area (Å²) in [6, 6.07) is 4.64. The number of anilines is 1. The van der Waals surface area contributed by atoms with Crippen LogP contribution in [0.4, 0.5) is 10.1 Å². The molecule has 1 heterocycles. The zero-order chi connectivity index (χ0) is 11.5. The van der Waals surface area contributed by atoms with Crippen molar-refractivity contribution in [3.05, 3.63) is 45.1 Å². The van der Waals surface area contributed by atoms with Crippen LogP contribution in [0.5, 0.6) is 0 Å². The molecule has 0 radical (unpaired) electrons. The van der Waals surface area contributed by atoms with E-state index in [4.69, 9.17) is 0 Å². The van der Waals surface area contributed by atoms with Gasteiger partial charge in [-0.25, -0.2) is 9.37 Å². The van der Waals surface area contributed by atoms with E-state index in [2.05, 4.69) is 26.2 Å². The molecule has 0 bridgehead atoms. The lowest BCUT2D eigenvalue weighted by molar-refractivity contribution is 0.627. The molecule has 0 aliphatic rings. The number of hydrogen-bond acceptors (Lipinski definition) is 3. The van der Waals surface area contributed by atoms with Crippen molar-refractivity contribution < 1.29 is 4.39 Å². The second kappa shape index (κ2) is 4.93. The van der Waals surface area contributed by atoms with Crippen molar-refractivity contribution in [3.8, 4) is 0 Å². The number of hydrogen-bond donors (Lipinski definition) is 1. The zero-order valence-electron chi connectivity index (χ0n) is 8.58. The van der Waals surface area contributed by atoms with Crippen LogP contribution in [0, 0.1) is 5.82 Å². The van der Waals surface area contributed by atoms with Gasteiger partial charge in [0.2, 0.25) is 0 Å². The molecule has 0 saturated carbocycles. The average Bonchev–Trinajstić information content (AvgIpc) is 2.76. The molecule has 1 atom stereocenters. The number of halogens is 2. The Balaban J connectivity index is 2.17. The van der Waals surface area contributed by atoms with E-state index in [1.54, 1.807) is 23.6 Å². The largest absolute Gasteiger partial charge is 0.375 e. The third-order valence-electron chi connectivity index (χ3n) is 2.12. The summed E-state index contributed by atoms with van der Waals surface area (Å²) < 4.78 is 13.9. The van der Waals surface area contributed by atoms with E-state index in [9.17, 15) is 4.39 Å². The smallest absolute Gasteiger partial charge is 0.125 e. The molecule has 0 saturated heterocycles. The van der Waals surface area contributed by atoms with E-state index in [1.807, 2.05) is 12.3 Å². The summed E-state index contributed by atoms with van der Waals surface area (Å²) >= 11 is 4.95. The first-order valence-electron chi connectivity index (χ1n) is 4.78. The average molecular weight is 301 g/mol. The first-order valence-corrected chi connectivity index (χ1v) is 6.45. The van der Waals surface area contributed by atoms with Crippen LogP contribution in [-0.2, 0) is 0 Å². The summed E-state index contributed by atoms with van der Waals surface area (Å²) in [6.07, 6.45) is 1.76. The fourth-order valence-corrected chi connectivity index (χ4v) is 2.36. The van der Waals surface area contributed by atoms with Crippen molar-refractivity contribution in [1.29, 1.82) is 0 Å². The quantitative estimate of drug-likeness (QED) is 0.918. The summed E-state index contributed by atoms with van der Waals surface area (Å²) in [7, 11) is 0. The predicted octanol–water partition coefficient (Wildman–Crippen LogP) is 4.22. The van der Waals surface area contributed by atoms with E-state index in [1.165, 1.54) is 12.1 Å². The number of benzene rings is 1. The van der Waals surface area contributed by atoms with Gasteiger partial charge in [-0.2, -0.15) is 0 Å². The third kappa shape index (κ3) is 2.59. The minimum atomic E-state index is -0.253. The molecular formula is C11H10BrFN2S. The van der Waals surface area contributed by atoms with Crippen LogP contribution in [0.25, 0.3) is 0 Å². The standard InChI is InChI=1S/C11H10BrFN2S/c1-7(11-14-4-5-16-11)15-10-6-8(13)2-3-9(10)12/h2-7,15H,1H3. The number of thiazole rings is 1. The SMILES string of the molecule is CC(Nc1cc(F)ccc1Br)c1nccs1. The Morgan fingerprint density at radius 3 is 3.00 bits per heavy atom. The van der Waals surface area contributed by atoms with E-state index in [0.717, 1.165) is 15.2 Å². The van der Waals surface area contributed by atoms with Crippen LogP contribution >= 0.6 is 27.3 Å². The molecule has 1 aromatic carbocycles. The van der Waals surface area contributed by atoms with Gasteiger partial charge >= 0.3 is 0 Å². The lowest BCUT2D eigenvalue weighted by atomic mass is 10.2. The summed E-state index contributed by atoms with van der Waals surface area (Å²) in [6.45, 7) is 2.00. The van der Waals surface area contributed by atoms with Crippen LogP contribution in [-0.4, -0.2) is 4.98 Å². The normalized spacial score (nSPS) is 12.4.